The average Bonchev–Trinajstić information content (AvgIpc) is 2.38. The molecule has 0 fully saturated rings. The van der Waals surface area contributed by atoms with Gasteiger partial charge in [-0.25, -0.2) is 4.98 Å². The topological polar surface area (TPSA) is 70.2 Å². The number of amides is 1. The highest BCUT2D eigenvalue weighted by molar-refractivity contribution is 5.78. The van der Waals surface area contributed by atoms with Crippen molar-refractivity contribution < 1.29 is 4.79 Å². The third-order valence-corrected chi connectivity index (χ3v) is 2.77. The van der Waals surface area contributed by atoms with Crippen molar-refractivity contribution in [3.63, 3.8) is 0 Å². The molecular weight excluding hydrogens is 230 g/mol. The van der Waals surface area contributed by atoms with Crippen LogP contribution in [0.2, 0.25) is 0 Å². The average molecular weight is 251 g/mol. The van der Waals surface area contributed by atoms with E-state index in [0.29, 0.717) is 12.5 Å². The molecule has 1 aromatic heterocycles. The van der Waals surface area contributed by atoms with Crippen molar-refractivity contribution in [2.45, 2.75) is 13.8 Å². The third-order valence-electron chi connectivity index (χ3n) is 2.77. The molecule has 1 heterocycles. The standard InChI is InChI=1S/C12H21N5O/c1-8-6-15-12(14-4)16-10(8)17(5)7-9(2)11(18)13-3/h6,9H,7H2,1-5H3,(H,13,18)(H,14,15,16). The molecular formula is C12H21N5O. The Morgan fingerprint density at radius 2 is 2.17 bits per heavy atom. The summed E-state index contributed by atoms with van der Waals surface area (Å²) < 4.78 is 0. The van der Waals surface area contributed by atoms with E-state index in [1.807, 2.05) is 25.8 Å². The molecule has 1 aromatic rings. The minimum absolute atomic E-state index is 0.0300. The number of carbonyl (C=O) groups excluding carboxylic acids is 1. The van der Waals surface area contributed by atoms with Gasteiger partial charge in [-0.3, -0.25) is 4.79 Å². The zero-order valence-corrected chi connectivity index (χ0v) is 11.6. The SMILES string of the molecule is CNC(=O)C(C)CN(C)c1nc(NC)ncc1C. The second-order valence-electron chi connectivity index (χ2n) is 4.35. The summed E-state index contributed by atoms with van der Waals surface area (Å²) in [4.78, 5) is 22.0. The van der Waals surface area contributed by atoms with Gasteiger partial charge in [-0.2, -0.15) is 4.98 Å². The monoisotopic (exact) mass is 251 g/mol. The van der Waals surface area contributed by atoms with Gasteiger partial charge in [0, 0.05) is 39.4 Å². The van der Waals surface area contributed by atoms with Crippen LogP contribution in [0.15, 0.2) is 6.20 Å². The number of anilines is 2. The summed E-state index contributed by atoms with van der Waals surface area (Å²) in [5.74, 6) is 1.36. The smallest absolute Gasteiger partial charge is 0.224 e. The van der Waals surface area contributed by atoms with Crippen LogP contribution >= 0.6 is 0 Å². The van der Waals surface area contributed by atoms with E-state index in [-0.39, 0.29) is 11.8 Å². The van der Waals surface area contributed by atoms with Gasteiger partial charge in [-0.05, 0) is 6.92 Å². The predicted molar refractivity (Wildman–Crippen MR) is 72.8 cm³/mol. The van der Waals surface area contributed by atoms with Gasteiger partial charge in [0.15, 0.2) is 0 Å². The molecule has 2 N–H and O–H groups in total. The van der Waals surface area contributed by atoms with Crippen molar-refractivity contribution in [1.29, 1.82) is 0 Å². The molecule has 0 spiro atoms. The molecule has 1 unspecified atom stereocenters. The molecule has 1 amide bonds. The molecule has 0 radical (unpaired) electrons. The summed E-state index contributed by atoms with van der Waals surface area (Å²) in [7, 11) is 5.35. The fourth-order valence-corrected chi connectivity index (χ4v) is 1.77. The first-order chi connectivity index (χ1) is 8.49. The second-order valence-corrected chi connectivity index (χ2v) is 4.35. The Bertz CT molecular complexity index is 421. The van der Waals surface area contributed by atoms with Crippen molar-refractivity contribution >= 4 is 17.7 Å². The van der Waals surface area contributed by atoms with Crippen LogP contribution in [-0.4, -0.2) is 43.6 Å². The Kier molecular flexibility index (Phi) is 4.88. The number of aryl methyl sites for hydroxylation is 1. The van der Waals surface area contributed by atoms with E-state index in [9.17, 15) is 4.79 Å². The summed E-state index contributed by atoms with van der Waals surface area (Å²) in [6.45, 7) is 4.46. The van der Waals surface area contributed by atoms with E-state index in [4.69, 9.17) is 0 Å². The maximum Gasteiger partial charge on any atom is 0.224 e. The Morgan fingerprint density at radius 1 is 1.50 bits per heavy atom. The molecule has 0 aliphatic rings. The Morgan fingerprint density at radius 3 is 2.72 bits per heavy atom. The highest BCUT2D eigenvalue weighted by atomic mass is 16.1. The van der Waals surface area contributed by atoms with Crippen molar-refractivity contribution in [2.75, 3.05) is 37.9 Å². The van der Waals surface area contributed by atoms with Crippen LogP contribution in [-0.2, 0) is 4.79 Å². The first-order valence-electron chi connectivity index (χ1n) is 5.93. The van der Waals surface area contributed by atoms with Crippen LogP contribution < -0.4 is 15.5 Å². The number of hydrogen-bond acceptors (Lipinski definition) is 5. The molecule has 18 heavy (non-hydrogen) atoms. The molecule has 100 valence electrons. The van der Waals surface area contributed by atoms with Crippen molar-refractivity contribution in [2.24, 2.45) is 5.92 Å². The Labute approximate surface area is 108 Å². The molecule has 0 bridgehead atoms. The van der Waals surface area contributed by atoms with E-state index in [1.165, 1.54) is 0 Å². The summed E-state index contributed by atoms with van der Waals surface area (Å²) in [6, 6.07) is 0. The van der Waals surface area contributed by atoms with Gasteiger partial charge in [0.25, 0.3) is 0 Å². The zero-order chi connectivity index (χ0) is 13.7. The molecule has 0 aliphatic heterocycles. The summed E-state index contributed by atoms with van der Waals surface area (Å²) in [5.41, 5.74) is 0.987. The number of nitrogens with zero attached hydrogens (tertiary/aromatic N) is 3. The van der Waals surface area contributed by atoms with E-state index < -0.39 is 0 Å². The highest BCUT2D eigenvalue weighted by Crippen LogP contribution is 2.17. The lowest BCUT2D eigenvalue weighted by Crippen LogP contribution is -2.35. The number of hydrogen-bond donors (Lipinski definition) is 2. The lowest BCUT2D eigenvalue weighted by molar-refractivity contribution is -0.123. The lowest BCUT2D eigenvalue weighted by atomic mass is 10.1. The fraction of sp³-hybridized carbons (Fsp3) is 0.583. The van der Waals surface area contributed by atoms with Crippen LogP contribution in [0.5, 0.6) is 0 Å². The molecule has 0 aliphatic carbocycles. The zero-order valence-electron chi connectivity index (χ0n) is 11.6. The van der Waals surface area contributed by atoms with Gasteiger partial charge >= 0.3 is 0 Å². The molecule has 6 heteroatoms. The minimum Gasteiger partial charge on any atom is -0.359 e. The van der Waals surface area contributed by atoms with Crippen LogP contribution in [0, 0.1) is 12.8 Å². The van der Waals surface area contributed by atoms with E-state index in [2.05, 4.69) is 20.6 Å². The molecule has 6 nitrogen and oxygen atoms in total. The van der Waals surface area contributed by atoms with Crippen LogP contribution in [0.3, 0.4) is 0 Å². The Hall–Kier alpha value is -1.85. The minimum atomic E-state index is -0.0904. The van der Waals surface area contributed by atoms with Gasteiger partial charge in [-0.1, -0.05) is 6.92 Å². The molecule has 0 saturated carbocycles. The first kappa shape index (κ1) is 14.2. The molecule has 0 saturated heterocycles. The van der Waals surface area contributed by atoms with Crippen LogP contribution in [0.25, 0.3) is 0 Å². The van der Waals surface area contributed by atoms with Gasteiger partial charge in [-0.15, -0.1) is 0 Å². The largest absolute Gasteiger partial charge is 0.359 e. The van der Waals surface area contributed by atoms with Gasteiger partial charge in [0.2, 0.25) is 11.9 Å². The van der Waals surface area contributed by atoms with E-state index >= 15 is 0 Å². The molecule has 0 aromatic carbocycles. The second kappa shape index (κ2) is 6.18. The Balaban J connectivity index is 2.83. The molecule has 1 atom stereocenters. The number of nitrogens with one attached hydrogen (secondary N) is 2. The fourth-order valence-electron chi connectivity index (χ4n) is 1.77. The van der Waals surface area contributed by atoms with E-state index in [1.54, 1.807) is 20.3 Å². The number of carbonyl (C=O) groups is 1. The first-order valence-corrected chi connectivity index (χ1v) is 5.93. The highest BCUT2D eigenvalue weighted by Gasteiger charge is 2.16. The summed E-state index contributed by atoms with van der Waals surface area (Å²) in [6.07, 6.45) is 1.77. The van der Waals surface area contributed by atoms with Crippen LogP contribution in [0.4, 0.5) is 11.8 Å². The number of rotatable bonds is 5. The van der Waals surface area contributed by atoms with E-state index in [0.717, 1.165) is 11.4 Å². The van der Waals surface area contributed by atoms with Crippen molar-refractivity contribution in [3.05, 3.63) is 11.8 Å². The number of aromatic nitrogens is 2. The van der Waals surface area contributed by atoms with Gasteiger partial charge < -0.3 is 15.5 Å². The molecule has 1 rings (SSSR count). The van der Waals surface area contributed by atoms with Gasteiger partial charge in [0.05, 0.1) is 5.92 Å². The quantitative estimate of drug-likeness (QED) is 0.804. The van der Waals surface area contributed by atoms with Gasteiger partial charge in [0.1, 0.15) is 5.82 Å². The normalized spacial score (nSPS) is 11.8. The lowest BCUT2D eigenvalue weighted by Gasteiger charge is -2.23. The maximum atomic E-state index is 11.5. The predicted octanol–water partition coefficient (Wildman–Crippen LogP) is 0.645. The van der Waals surface area contributed by atoms with Crippen molar-refractivity contribution in [3.8, 4) is 0 Å². The summed E-state index contributed by atoms with van der Waals surface area (Å²) >= 11 is 0. The summed E-state index contributed by atoms with van der Waals surface area (Å²) in [5, 5.41) is 5.56. The third kappa shape index (κ3) is 3.32. The maximum absolute atomic E-state index is 11.5. The van der Waals surface area contributed by atoms with Crippen molar-refractivity contribution in [1.82, 2.24) is 15.3 Å². The van der Waals surface area contributed by atoms with Crippen LogP contribution in [0.1, 0.15) is 12.5 Å².